The van der Waals surface area contributed by atoms with Crippen LogP contribution in [0.1, 0.15) is 42.4 Å². The molecule has 0 aromatic heterocycles. The van der Waals surface area contributed by atoms with Gasteiger partial charge in [0, 0.05) is 49.4 Å². The van der Waals surface area contributed by atoms with E-state index in [1.165, 1.54) is 12.1 Å². The minimum Gasteiger partial charge on any atom is -0.480 e. The van der Waals surface area contributed by atoms with Crippen molar-refractivity contribution in [1.29, 1.82) is 5.26 Å². The normalized spacial score (nSPS) is 22.5. The summed E-state index contributed by atoms with van der Waals surface area (Å²) in [5.74, 6) is 0.448. The predicted molar refractivity (Wildman–Crippen MR) is 145 cm³/mol. The molecule has 1 N–H and O–H groups in total. The second kappa shape index (κ2) is 12.2. The molecule has 1 saturated heterocycles. The topological polar surface area (TPSA) is 94.9 Å². The second-order valence-electron chi connectivity index (χ2n) is 10.6. The van der Waals surface area contributed by atoms with Crippen molar-refractivity contribution in [2.24, 2.45) is 0 Å². The van der Waals surface area contributed by atoms with E-state index in [-0.39, 0.29) is 30.6 Å². The first-order chi connectivity index (χ1) is 19.6. The molecule has 8 nitrogen and oxygen atoms in total. The van der Waals surface area contributed by atoms with Crippen molar-refractivity contribution in [1.82, 2.24) is 9.80 Å². The smallest absolute Gasteiger partial charge is 0.417 e. The van der Waals surface area contributed by atoms with Gasteiger partial charge < -0.3 is 24.6 Å². The number of hydrogen-bond donors (Lipinski definition) is 1. The minimum atomic E-state index is -4.60. The van der Waals surface area contributed by atoms with Gasteiger partial charge in [0.25, 0.3) is 5.91 Å². The maximum Gasteiger partial charge on any atom is 0.417 e. The third-order valence-electron chi connectivity index (χ3n) is 7.85. The molecule has 5 rings (SSSR count). The molecule has 1 aliphatic carbocycles. The van der Waals surface area contributed by atoms with Crippen LogP contribution in [0.15, 0.2) is 36.4 Å². The Hall–Kier alpha value is -3.49. The number of amides is 2. The van der Waals surface area contributed by atoms with Crippen molar-refractivity contribution in [3.05, 3.63) is 58.1 Å². The van der Waals surface area contributed by atoms with Crippen LogP contribution in [0.25, 0.3) is 0 Å². The fourth-order valence-electron chi connectivity index (χ4n) is 5.59. The molecule has 0 spiro atoms. The van der Waals surface area contributed by atoms with Gasteiger partial charge in [0.05, 0.1) is 23.3 Å². The molecule has 218 valence electrons. The third kappa shape index (κ3) is 6.88. The van der Waals surface area contributed by atoms with E-state index in [4.69, 9.17) is 26.3 Å². The number of halogens is 4. The number of anilines is 1. The standard InChI is InChI=1S/C29H30ClF3N4O4/c30-20-2-8-25-19(13-20)14-26(41-25)28(39)37-11-9-36(10-12-37)27(38)17-40-23-6-4-21(5-7-23)35-22-3-1-18(16-34)24(15-22)29(31,32)33/h1-3,8,13,15,21,23,26,35H,4-7,9-12,14,17H2. The Labute approximate surface area is 240 Å². The third-order valence-corrected chi connectivity index (χ3v) is 8.08. The number of carbonyl (C=O) groups is 2. The summed E-state index contributed by atoms with van der Waals surface area (Å²) in [7, 11) is 0. The number of nitriles is 1. The summed E-state index contributed by atoms with van der Waals surface area (Å²) < 4.78 is 51.5. The largest absolute Gasteiger partial charge is 0.480 e. The molecule has 12 heteroatoms. The van der Waals surface area contributed by atoms with E-state index in [0.717, 1.165) is 11.6 Å². The van der Waals surface area contributed by atoms with Crippen LogP contribution in [0.2, 0.25) is 5.02 Å². The van der Waals surface area contributed by atoms with Crippen molar-refractivity contribution in [3.63, 3.8) is 0 Å². The Morgan fingerprint density at radius 2 is 1.76 bits per heavy atom. The number of fused-ring (bicyclic) bond motifs is 1. The molecular weight excluding hydrogens is 561 g/mol. The average molecular weight is 591 g/mol. The summed E-state index contributed by atoms with van der Waals surface area (Å²) in [6, 6.07) is 10.5. The fraction of sp³-hybridized carbons (Fsp3) is 0.483. The first kappa shape index (κ1) is 29.0. The molecule has 2 aliphatic heterocycles. The molecule has 2 aromatic rings. The van der Waals surface area contributed by atoms with E-state index in [9.17, 15) is 22.8 Å². The Morgan fingerprint density at radius 1 is 1.05 bits per heavy atom. The summed E-state index contributed by atoms with van der Waals surface area (Å²) in [4.78, 5) is 29.1. The molecule has 2 heterocycles. The van der Waals surface area contributed by atoms with Crippen molar-refractivity contribution in [2.75, 3.05) is 38.1 Å². The van der Waals surface area contributed by atoms with Crippen LogP contribution >= 0.6 is 11.6 Å². The Morgan fingerprint density at radius 3 is 2.44 bits per heavy atom. The number of hydrogen-bond acceptors (Lipinski definition) is 6. The van der Waals surface area contributed by atoms with Gasteiger partial charge in [-0.25, -0.2) is 0 Å². The lowest BCUT2D eigenvalue weighted by molar-refractivity contribution is -0.146. The van der Waals surface area contributed by atoms with Crippen LogP contribution in [-0.2, 0) is 26.9 Å². The predicted octanol–water partition coefficient (Wildman–Crippen LogP) is 4.64. The van der Waals surface area contributed by atoms with Crippen LogP contribution in [0, 0.1) is 11.3 Å². The lowest BCUT2D eigenvalue weighted by Crippen LogP contribution is -2.54. The van der Waals surface area contributed by atoms with Gasteiger partial charge in [-0.05, 0) is 67.6 Å². The van der Waals surface area contributed by atoms with Crippen LogP contribution in [0.4, 0.5) is 18.9 Å². The lowest BCUT2D eigenvalue weighted by atomic mass is 9.92. The van der Waals surface area contributed by atoms with E-state index < -0.39 is 23.4 Å². The zero-order valence-corrected chi connectivity index (χ0v) is 23.0. The Balaban J connectivity index is 1.02. The summed E-state index contributed by atoms with van der Waals surface area (Å²) in [5.41, 5.74) is -0.121. The number of ether oxygens (including phenoxy) is 2. The molecule has 0 radical (unpaired) electrons. The number of benzene rings is 2. The number of nitrogens with zero attached hydrogens (tertiary/aromatic N) is 3. The zero-order valence-electron chi connectivity index (χ0n) is 22.3. The maximum absolute atomic E-state index is 13.3. The first-order valence-corrected chi connectivity index (χ1v) is 14.0. The molecule has 2 aromatic carbocycles. The molecular formula is C29H30ClF3N4O4. The van der Waals surface area contributed by atoms with Gasteiger partial charge in [0.15, 0.2) is 6.10 Å². The lowest BCUT2D eigenvalue weighted by Gasteiger charge is -2.36. The van der Waals surface area contributed by atoms with Gasteiger partial charge in [-0.3, -0.25) is 9.59 Å². The Kier molecular flexibility index (Phi) is 8.61. The molecule has 1 atom stereocenters. The van der Waals surface area contributed by atoms with Crippen LogP contribution < -0.4 is 10.1 Å². The second-order valence-corrected chi connectivity index (χ2v) is 11.0. The molecule has 2 amide bonds. The fourth-order valence-corrected chi connectivity index (χ4v) is 5.79. The molecule has 41 heavy (non-hydrogen) atoms. The molecule has 1 unspecified atom stereocenters. The van der Waals surface area contributed by atoms with Crippen LogP contribution in [0.5, 0.6) is 5.75 Å². The summed E-state index contributed by atoms with van der Waals surface area (Å²) in [5, 5.41) is 12.7. The van der Waals surface area contributed by atoms with Gasteiger partial charge in [0.1, 0.15) is 12.4 Å². The molecule has 3 aliphatic rings. The molecule has 0 bridgehead atoms. The quantitative estimate of drug-likeness (QED) is 0.527. The van der Waals surface area contributed by atoms with Gasteiger partial charge in [0.2, 0.25) is 5.91 Å². The van der Waals surface area contributed by atoms with E-state index >= 15 is 0 Å². The first-order valence-electron chi connectivity index (χ1n) is 13.6. The van der Waals surface area contributed by atoms with Crippen molar-refractivity contribution >= 4 is 29.1 Å². The van der Waals surface area contributed by atoms with E-state index in [1.54, 1.807) is 28.0 Å². The van der Waals surface area contributed by atoms with Gasteiger partial charge in [-0.2, -0.15) is 18.4 Å². The highest BCUT2D eigenvalue weighted by Gasteiger charge is 2.36. The van der Waals surface area contributed by atoms with E-state index in [0.29, 0.717) is 74.7 Å². The average Bonchev–Trinajstić information content (AvgIpc) is 3.39. The van der Waals surface area contributed by atoms with Crippen molar-refractivity contribution in [2.45, 2.75) is 56.5 Å². The summed E-state index contributed by atoms with van der Waals surface area (Å²) >= 11 is 6.04. The monoisotopic (exact) mass is 590 g/mol. The highest BCUT2D eigenvalue weighted by Crippen LogP contribution is 2.35. The zero-order chi connectivity index (χ0) is 29.1. The molecule has 2 fully saturated rings. The van der Waals surface area contributed by atoms with Crippen LogP contribution in [0.3, 0.4) is 0 Å². The number of rotatable bonds is 6. The van der Waals surface area contributed by atoms with E-state index in [1.807, 2.05) is 6.07 Å². The number of carbonyl (C=O) groups excluding carboxylic acids is 2. The van der Waals surface area contributed by atoms with Gasteiger partial charge in [-0.1, -0.05) is 11.6 Å². The van der Waals surface area contributed by atoms with Crippen molar-refractivity contribution < 1.29 is 32.2 Å². The Bertz CT molecular complexity index is 1330. The van der Waals surface area contributed by atoms with Gasteiger partial charge in [-0.15, -0.1) is 0 Å². The number of piperazine rings is 1. The van der Waals surface area contributed by atoms with Gasteiger partial charge >= 0.3 is 6.18 Å². The van der Waals surface area contributed by atoms with Crippen LogP contribution in [-0.4, -0.2) is 72.6 Å². The summed E-state index contributed by atoms with van der Waals surface area (Å²) in [6.07, 6.45) is -2.12. The highest BCUT2D eigenvalue weighted by atomic mass is 35.5. The highest BCUT2D eigenvalue weighted by molar-refractivity contribution is 6.30. The summed E-state index contributed by atoms with van der Waals surface area (Å²) in [6.45, 7) is 1.62. The maximum atomic E-state index is 13.3. The number of alkyl halides is 3. The minimum absolute atomic E-state index is 0.0289. The number of nitrogens with one attached hydrogen (secondary N) is 1. The van der Waals surface area contributed by atoms with Crippen molar-refractivity contribution in [3.8, 4) is 11.8 Å². The SMILES string of the molecule is N#Cc1ccc(NC2CCC(OCC(=O)N3CCN(C(=O)C4Cc5cc(Cl)ccc5O4)CC3)CC2)cc1C(F)(F)F. The molecule has 1 saturated carbocycles. The van der Waals surface area contributed by atoms with E-state index in [2.05, 4.69) is 5.32 Å².